The standard InChI is InChI=1S/C11H11FO4/c1-15-11(14)4-5-16-10-3-2-8(7-13)6-9(10)12/h2-3,6-7H,4-5H2,1H3. The van der Waals surface area contributed by atoms with Gasteiger partial charge < -0.3 is 9.47 Å². The van der Waals surface area contributed by atoms with Gasteiger partial charge in [0.05, 0.1) is 20.1 Å². The zero-order chi connectivity index (χ0) is 12.0. The Kier molecular flexibility index (Phi) is 4.44. The molecule has 0 amide bonds. The van der Waals surface area contributed by atoms with E-state index in [9.17, 15) is 14.0 Å². The molecule has 16 heavy (non-hydrogen) atoms. The Balaban J connectivity index is 2.54. The molecule has 0 radical (unpaired) electrons. The molecule has 1 aromatic carbocycles. The van der Waals surface area contributed by atoms with Crippen LogP contribution < -0.4 is 4.74 Å². The third-order valence-electron chi connectivity index (χ3n) is 1.88. The van der Waals surface area contributed by atoms with Crippen molar-refractivity contribution >= 4 is 12.3 Å². The maximum atomic E-state index is 13.2. The minimum atomic E-state index is -0.630. The van der Waals surface area contributed by atoms with Crippen molar-refractivity contribution in [3.63, 3.8) is 0 Å². The van der Waals surface area contributed by atoms with Gasteiger partial charge in [0.2, 0.25) is 0 Å². The maximum absolute atomic E-state index is 13.2. The summed E-state index contributed by atoms with van der Waals surface area (Å²) in [6.45, 7) is 0.0318. The summed E-state index contributed by atoms with van der Waals surface area (Å²) in [4.78, 5) is 21.1. The number of aldehydes is 1. The Hall–Kier alpha value is -1.91. The molecule has 0 bridgehead atoms. The van der Waals surface area contributed by atoms with Crippen LogP contribution in [0.1, 0.15) is 16.8 Å². The second-order valence-corrected chi connectivity index (χ2v) is 2.98. The quantitative estimate of drug-likeness (QED) is 0.565. The summed E-state index contributed by atoms with van der Waals surface area (Å²) in [5.74, 6) is -1.05. The van der Waals surface area contributed by atoms with Gasteiger partial charge in [-0.25, -0.2) is 4.39 Å². The summed E-state index contributed by atoms with van der Waals surface area (Å²) < 4.78 is 22.7. The lowest BCUT2D eigenvalue weighted by molar-refractivity contribution is -0.141. The average molecular weight is 226 g/mol. The molecule has 0 aliphatic rings. The molecule has 0 unspecified atom stereocenters. The lowest BCUT2D eigenvalue weighted by Gasteiger charge is -2.06. The molecule has 0 N–H and O–H groups in total. The largest absolute Gasteiger partial charge is 0.490 e. The first-order valence-electron chi connectivity index (χ1n) is 4.61. The van der Waals surface area contributed by atoms with Gasteiger partial charge in [-0.2, -0.15) is 0 Å². The van der Waals surface area contributed by atoms with E-state index < -0.39 is 11.8 Å². The van der Waals surface area contributed by atoms with Crippen molar-refractivity contribution in [2.45, 2.75) is 6.42 Å². The molecule has 0 spiro atoms. The number of halogens is 1. The van der Waals surface area contributed by atoms with Crippen LogP contribution in [0.2, 0.25) is 0 Å². The summed E-state index contributed by atoms with van der Waals surface area (Å²) in [6, 6.07) is 3.85. The summed E-state index contributed by atoms with van der Waals surface area (Å²) in [6.07, 6.45) is 0.590. The van der Waals surface area contributed by atoms with Crippen LogP contribution in [-0.2, 0) is 9.53 Å². The van der Waals surface area contributed by atoms with E-state index in [4.69, 9.17) is 4.74 Å². The first kappa shape index (κ1) is 12.2. The molecule has 0 saturated heterocycles. The van der Waals surface area contributed by atoms with Gasteiger partial charge in [0.1, 0.15) is 6.29 Å². The number of carbonyl (C=O) groups excluding carboxylic acids is 2. The molecule has 86 valence electrons. The zero-order valence-electron chi connectivity index (χ0n) is 8.73. The van der Waals surface area contributed by atoms with Crippen LogP contribution in [0.3, 0.4) is 0 Å². The van der Waals surface area contributed by atoms with Crippen molar-refractivity contribution in [3.05, 3.63) is 29.6 Å². The molecule has 0 atom stereocenters. The second kappa shape index (κ2) is 5.85. The van der Waals surface area contributed by atoms with Crippen LogP contribution >= 0.6 is 0 Å². The van der Waals surface area contributed by atoms with E-state index in [1.807, 2.05) is 0 Å². The Morgan fingerprint density at radius 2 is 2.25 bits per heavy atom. The molecule has 1 rings (SSSR count). The molecule has 0 aromatic heterocycles. The highest BCUT2D eigenvalue weighted by Crippen LogP contribution is 2.17. The van der Waals surface area contributed by atoms with Gasteiger partial charge in [-0.15, -0.1) is 0 Å². The number of ether oxygens (including phenoxy) is 2. The summed E-state index contributed by atoms with van der Waals surface area (Å²) >= 11 is 0. The van der Waals surface area contributed by atoms with Gasteiger partial charge in [0, 0.05) is 5.56 Å². The Labute approximate surface area is 92.0 Å². The van der Waals surface area contributed by atoms with Crippen molar-refractivity contribution in [2.75, 3.05) is 13.7 Å². The number of methoxy groups -OCH3 is 1. The molecule has 1 aromatic rings. The first-order chi connectivity index (χ1) is 7.67. The van der Waals surface area contributed by atoms with Crippen LogP contribution in [0, 0.1) is 5.82 Å². The van der Waals surface area contributed by atoms with Gasteiger partial charge in [-0.1, -0.05) is 0 Å². The summed E-state index contributed by atoms with van der Waals surface area (Å²) in [5, 5.41) is 0. The highest BCUT2D eigenvalue weighted by molar-refractivity contribution is 5.75. The maximum Gasteiger partial charge on any atom is 0.308 e. The van der Waals surface area contributed by atoms with E-state index >= 15 is 0 Å². The molecular weight excluding hydrogens is 215 g/mol. The predicted octanol–water partition coefficient (Wildman–Crippen LogP) is 1.58. The van der Waals surface area contributed by atoms with E-state index in [1.165, 1.54) is 19.2 Å². The van der Waals surface area contributed by atoms with Crippen LogP contribution in [0.25, 0.3) is 0 Å². The molecular formula is C11H11FO4. The van der Waals surface area contributed by atoms with Crippen molar-refractivity contribution < 1.29 is 23.5 Å². The van der Waals surface area contributed by atoms with Crippen molar-refractivity contribution in [1.82, 2.24) is 0 Å². The summed E-state index contributed by atoms with van der Waals surface area (Å²) in [7, 11) is 1.27. The van der Waals surface area contributed by atoms with Crippen LogP contribution in [-0.4, -0.2) is 26.0 Å². The topological polar surface area (TPSA) is 52.6 Å². The number of hydrogen-bond acceptors (Lipinski definition) is 4. The van der Waals surface area contributed by atoms with E-state index in [2.05, 4.69) is 4.74 Å². The molecule has 0 fully saturated rings. The third kappa shape index (κ3) is 3.34. The fourth-order valence-electron chi connectivity index (χ4n) is 1.05. The first-order valence-corrected chi connectivity index (χ1v) is 4.61. The number of rotatable bonds is 5. The fraction of sp³-hybridized carbons (Fsp3) is 0.273. The minimum Gasteiger partial charge on any atom is -0.490 e. The Morgan fingerprint density at radius 3 is 2.81 bits per heavy atom. The van der Waals surface area contributed by atoms with Gasteiger partial charge in [0.25, 0.3) is 0 Å². The highest BCUT2D eigenvalue weighted by Gasteiger charge is 2.06. The third-order valence-corrected chi connectivity index (χ3v) is 1.88. The molecule has 0 saturated carbocycles. The lowest BCUT2D eigenvalue weighted by atomic mass is 10.2. The minimum absolute atomic E-state index is 0.00880. The molecule has 4 nitrogen and oxygen atoms in total. The Morgan fingerprint density at radius 1 is 1.50 bits per heavy atom. The smallest absolute Gasteiger partial charge is 0.308 e. The highest BCUT2D eigenvalue weighted by atomic mass is 19.1. The Bertz CT molecular complexity index is 390. The predicted molar refractivity (Wildman–Crippen MR) is 53.9 cm³/mol. The average Bonchev–Trinajstić information content (AvgIpc) is 2.30. The number of esters is 1. The molecule has 0 heterocycles. The van der Waals surface area contributed by atoms with Gasteiger partial charge in [-0.3, -0.25) is 9.59 Å². The van der Waals surface area contributed by atoms with Gasteiger partial charge in [0.15, 0.2) is 11.6 Å². The monoisotopic (exact) mass is 226 g/mol. The zero-order valence-corrected chi connectivity index (χ0v) is 8.73. The number of hydrogen-bond donors (Lipinski definition) is 0. The SMILES string of the molecule is COC(=O)CCOc1ccc(C=O)cc1F. The van der Waals surface area contributed by atoms with Crippen molar-refractivity contribution in [2.24, 2.45) is 0 Å². The number of carbonyl (C=O) groups is 2. The van der Waals surface area contributed by atoms with Gasteiger partial charge >= 0.3 is 5.97 Å². The van der Waals surface area contributed by atoms with E-state index in [0.29, 0.717) is 6.29 Å². The van der Waals surface area contributed by atoms with Crippen molar-refractivity contribution in [3.8, 4) is 5.75 Å². The van der Waals surface area contributed by atoms with Crippen LogP contribution in [0.15, 0.2) is 18.2 Å². The molecule has 5 heteroatoms. The summed E-state index contributed by atoms with van der Waals surface area (Å²) in [5.41, 5.74) is 0.234. The van der Waals surface area contributed by atoms with Crippen molar-refractivity contribution in [1.29, 1.82) is 0 Å². The lowest BCUT2D eigenvalue weighted by Crippen LogP contribution is -2.08. The van der Waals surface area contributed by atoms with E-state index in [1.54, 1.807) is 0 Å². The van der Waals surface area contributed by atoms with E-state index in [-0.39, 0.29) is 24.3 Å². The van der Waals surface area contributed by atoms with Crippen LogP contribution in [0.4, 0.5) is 4.39 Å². The normalized spacial score (nSPS) is 9.62. The number of benzene rings is 1. The molecule has 0 aliphatic heterocycles. The molecule has 0 aliphatic carbocycles. The fourth-order valence-corrected chi connectivity index (χ4v) is 1.05. The van der Waals surface area contributed by atoms with Crippen LogP contribution in [0.5, 0.6) is 5.75 Å². The van der Waals surface area contributed by atoms with Gasteiger partial charge in [-0.05, 0) is 18.2 Å². The second-order valence-electron chi connectivity index (χ2n) is 2.98. The van der Waals surface area contributed by atoms with E-state index in [0.717, 1.165) is 6.07 Å².